The van der Waals surface area contributed by atoms with Crippen molar-refractivity contribution in [3.8, 4) is 5.69 Å². The van der Waals surface area contributed by atoms with Gasteiger partial charge in [-0.3, -0.25) is 4.79 Å². The van der Waals surface area contributed by atoms with E-state index in [0.717, 1.165) is 11.3 Å². The average molecular weight is 478 g/mol. The van der Waals surface area contributed by atoms with Gasteiger partial charge in [0, 0.05) is 17.6 Å². The first-order valence-corrected chi connectivity index (χ1v) is 12.8. The van der Waals surface area contributed by atoms with Crippen molar-refractivity contribution < 1.29 is 13.2 Å². The average Bonchev–Trinajstić information content (AvgIpc) is 3.37. The Morgan fingerprint density at radius 1 is 1.16 bits per heavy atom. The second-order valence-electron chi connectivity index (χ2n) is 7.20. The lowest BCUT2D eigenvalue weighted by Gasteiger charge is -2.28. The largest absolute Gasteiger partial charge is 0.334 e. The molecule has 1 aromatic heterocycles. The summed E-state index contributed by atoms with van der Waals surface area (Å²) in [6.07, 6.45) is 0.452. The highest BCUT2D eigenvalue weighted by atomic mass is 35.5. The van der Waals surface area contributed by atoms with Gasteiger partial charge in [-0.1, -0.05) is 53.7 Å². The van der Waals surface area contributed by atoms with Gasteiger partial charge in [-0.15, -0.1) is 5.10 Å². The van der Waals surface area contributed by atoms with Crippen molar-refractivity contribution in [2.45, 2.75) is 24.2 Å². The molecule has 1 unspecified atom stereocenters. The van der Waals surface area contributed by atoms with Crippen LogP contribution in [0.25, 0.3) is 5.69 Å². The number of hydrogen-bond acceptors (Lipinski definition) is 7. The van der Waals surface area contributed by atoms with E-state index in [4.69, 9.17) is 11.6 Å². The maximum atomic E-state index is 13.1. The number of rotatable bonds is 7. The van der Waals surface area contributed by atoms with Crippen molar-refractivity contribution in [2.24, 2.45) is 0 Å². The fourth-order valence-corrected chi connectivity index (χ4v) is 6.08. The quantitative estimate of drug-likeness (QED) is 0.482. The van der Waals surface area contributed by atoms with Crippen molar-refractivity contribution in [1.82, 2.24) is 25.1 Å². The van der Waals surface area contributed by atoms with E-state index in [2.05, 4.69) is 15.5 Å². The molecular formula is C20H20ClN5O3S2. The van der Waals surface area contributed by atoms with Crippen LogP contribution in [0.3, 0.4) is 0 Å². The summed E-state index contributed by atoms with van der Waals surface area (Å²) in [5, 5.41) is 12.8. The number of aromatic nitrogens is 4. The third kappa shape index (κ3) is 5.44. The normalized spacial score (nSPS) is 17.5. The van der Waals surface area contributed by atoms with E-state index < -0.39 is 9.84 Å². The zero-order valence-corrected chi connectivity index (χ0v) is 18.9. The molecule has 0 aliphatic carbocycles. The highest BCUT2D eigenvalue weighted by Crippen LogP contribution is 2.24. The SMILES string of the molecule is O=C(CSc1nnnn1-c1ccc(Cl)cc1)N(Cc1ccccc1)C1CCS(=O)(=O)C1. The monoisotopic (exact) mass is 477 g/mol. The topological polar surface area (TPSA) is 98.1 Å². The molecule has 8 nitrogen and oxygen atoms in total. The van der Waals surface area contributed by atoms with E-state index in [1.807, 2.05) is 30.3 Å². The molecule has 1 fully saturated rings. The molecule has 0 radical (unpaired) electrons. The second-order valence-corrected chi connectivity index (χ2v) is 10.8. The van der Waals surface area contributed by atoms with Crippen LogP contribution >= 0.6 is 23.4 Å². The van der Waals surface area contributed by atoms with Crippen molar-refractivity contribution in [2.75, 3.05) is 17.3 Å². The standard InChI is InChI=1S/C20H20ClN5O3S2/c21-16-6-8-17(9-7-16)26-20(22-23-24-26)30-13-19(27)25(12-15-4-2-1-3-5-15)18-10-11-31(28,29)14-18/h1-9,18H,10-14H2. The lowest BCUT2D eigenvalue weighted by molar-refractivity contribution is -0.130. The molecule has 1 aliphatic heterocycles. The molecule has 0 saturated carbocycles. The Morgan fingerprint density at radius 3 is 2.58 bits per heavy atom. The summed E-state index contributed by atoms with van der Waals surface area (Å²) in [5.74, 6) is 0.0514. The van der Waals surface area contributed by atoms with Gasteiger partial charge >= 0.3 is 0 Å². The number of hydrogen-bond donors (Lipinski definition) is 0. The van der Waals surface area contributed by atoms with Gasteiger partial charge in [-0.2, -0.15) is 4.68 Å². The summed E-state index contributed by atoms with van der Waals surface area (Å²) in [7, 11) is -3.12. The molecule has 1 aliphatic rings. The Kier molecular flexibility index (Phi) is 6.59. The maximum Gasteiger partial charge on any atom is 0.233 e. The predicted molar refractivity (Wildman–Crippen MR) is 119 cm³/mol. The number of halogens is 1. The smallest absolute Gasteiger partial charge is 0.233 e. The van der Waals surface area contributed by atoms with Crippen LogP contribution in [0.5, 0.6) is 0 Å². The molecular weight excluding hydrogens is 458 g/mol. The van der Waals surface area contributed by atoms with Crippen LogP contribution in [-0.2, 0) is 21.2 Å². The molecule has 3 aromatic rings. The van der Waals surface area contributed by atoms with Gasteiger partial charge in [-0.05, 0) is 46.7 Å². The fraction of sp³-hybridized carbons (Fsp3) is 0.300. The van der Waals surface area contributed by atoms with E-state index in [1.54, 1.807) is 29.2 Å². The van der Waals surface area contributed by atoms with Crippen molar-refractivity contribution in [1.29, 1.82) is 0 Å². The van der Waals surface area contributed by atoms with Crippen molar-refractivity contribution in [3.05, 3.63) is 65.2 Å². The molecule has 1 atom stereocenters. The lowest BCUT2D eigenvalue weighted by Crippen LogP contribution is -2.41. The molecule has 1 saturated heterocycles. The van der Waals surface area contributed by atoms with Gasteiger partial charge in [0.25, 0.3) is 0 Å². The molecule has 31 heavy (non-hydrogen) atoms. The first kappa shape index (κ1) is 21.8. The summed E-state index contributed by atoms with van der Waals surface area (Å²) in [6.45, 7) is 0.364. The number of tetrazole rings is 1. The summed E-state index contributed by atoms with van der Waals surface area (Å²) in [4.78, 5) is 14.8. The number of sulfone groups is 1. The van der Waals surface area contributed by atoms with Gasteiger partial charge < -0.3 is 4.90 Å². The molecule has 0 spiro atoms. The highest BCUT2D eigenvalue weighted by Gasteiger charge is 2.34. The van der Waals surface area contributed by atoms with Gasteiger partial charge in [0.1, 0.15) is 0 Å². The zero-order chi connectivity index (χ0) is 21.8. The third-order valence-corrected chi connectivity index (χ3v) is 7.91. The number of amides is 1. The van der Waals surface area contributed by atoms with Crippen molar-refractivity contribution >= 4 is 39.1 Å². The predicted octanol–water partition coefficient (Wildman–Crippen LogP) is 2.62. The Bertz CT molecular complexity index is 1150. The lowest BCUT2D eigenvalue weighted by atomic mass is 10.1. The van der Waals surface area contributed by atoms with E-state index in [9.17, 15) is 13.2 Å². The zero-order valence-electron chi connectivity index (χ0n) is 16.5. The molecule has 2 heterocycles. The third-order valence-electron chi connectivity index (χ3n) is 5.00. The molecule has 162 valence electrons. The number of carbonyl (C=O) groups is 1. The number of carbonyl (C=O) groups excluding carboxylic acids is 1. The Balaban J connectivity index is 1.49. The van der Waals surface area contributed by atoms with Crippen LogP contribution in [0.15, 0.2) is 59.8 Å². The summed E-state index contributed by atoms with van der Waals surface area (Å²) >= 11 is 7.15. The molecule has 2 aromatic carbocycles. The van der Waals surface area contributed by atoms with E-state index in [0.29, 0.717) is 23.1 Å². The Morgan fingerprint density at radius 2 is 1.90 bits per heavy atom. The van der Waals surface area contributed by atoms with Gasteiger partial charge in [-0.25, -0.2) is 8.42 Å². The Labute approximate surface area is 189 Å². The van der Waals surface area contributed by atoms with Crippen LogP contribution in [0, 0.1) is 0 Å². The van der Waals surface area contributed by atoms with Crippen LogP contribution in [0.1, 0.15) is 12.0 Å². The van der Waals surface area contributed by atoms with Crippen LogP contribution in [0.2, 0.25) is 5.02 Å². The number of benzene rings is 2. The van der Waals surface area contributed by atoms with Crippen molar-refractivity contribution in [3.63, 3.8) is 0 Å². The first-order chi connectivity index (χ1) is 14.9. The van der Waals surface area contributed by atoms with E-state index >= 15 is 0 Å². The molecule has 11 heteroatoms. The van der Waals surface area contributed by atoms with E-state index in [-0.39, 0.29) is 29.2 Å². The summed E-state index contributed by atoms with van der Waals surface area (Å²) in [6, 6.07) is 16.3. The first-order valence-electron chi connectivity index (χ1n) is 9.62. The van der Waals surface area contributed by atoms with Crippen LogP contribution < -0.4 is 0 Å². The summed E-state index contributed by atoms with van der Waals surface area (Å²) in [5.41, 5.74) is 1.68. The number of thioether (sulfide) groups is 1. The maximum absolute atomic E-state index is 13.1. The van der Waals surface area contributed by atoms with Crippen LogP contribution in [-0.4, -0.2) is 62.7 Å². The summed E-state index contributed by atoms with van der Waals surface area (Å²) < 4.78 is 25.6. The minimum atomic E-state index is -3.12. The van der Waals surface area contributed by atoms with Gasteiger partial charge in [0.05, 0.1) is 22.9 Å². The molecule has 1 amide bonds. The van der Waals surface area contributed by atoms with E-state index in [1.165, 1.54) is 16.4 Å². The molecule has 0 bridgehead atoms. The van der Waals surface area contributed by atoms with Gasteiger partial charge in [0.15, 0.2) is 9.84 Å². The minimum absolute atomic E-state index is 0.00124. The minimum Gasteiger partial charge on any atom is -0.334 e. The van der Waals surface area contributed by atoms with Gasteiger partial charge in [0.2, 0.25) is 11.1 Å². The number of nitrogens with zero attached hydrogens (tertiary/aromatic N) is 5. The molecule has 0 N–H and O–H groups in total. The highest BCUT2D eigenvalue weighted by molar-refractivity contribution is 7.99. The Hall–Kier alpha value is -2.43. The second kappa shape index (κ2) is 9.37. The fourth-order valence-electron chi connectivity index (χ4n) is 3.44. The van der Waals surface area contributed by atoms with Crippen LogP contribution in [0.4, 0.5) is 0 Å². The molecule has 4 rings (SSSR count).